The van der Waals surface area contributed by atoms with Crippen molar-refractivity contribution in [2.75, 3.05) is 13.7 Å². The summed E-state index contributed by atoms with van der Waals surface area (Å²) in [6, 6.07) is 15.3. The van der Waals surface area contributed by atoms with Crippen molar-refractivity contribution < 1.29 is 14.3 Å². The van der Waals surface area contributed by atoms with Crippen molar-refractivity contribution in [1.29, 1.82) is 0 Å². The normalized spacial score (nSPS) is 21.2. The molecule has 1 saturated carbocycles. The Labute approximate surface area is 200 Å². The molecule has 0 spiro atoms. The van der Waals surface area contributed by atoms with Gasteiger partial charge in [-0.05, 0) is 62.6 Å². The molecule has 0 radical (unpaired) electrons. The monoisotopic (exact) mass is 459 g/mol. The van der Waals surface area contributed by atoms with Crippen LogP contribution in [0.25, 0.3) is 11.0 Å². The van der Waals surface area contributed by atoms with Gasteiger partial charge >= 0.3 is 6.09 Å². The molecule has 178 valence electrons. The zero-order chi connectivity index (χ0) is 23.7. The fourth-order valence-corrected chi connectivity index (χ4v) is 5.81. The molecule has 0 N–H and O–H groups in total. The number of imidazole rings is 1. The minimum atomic E-state index is -0.285. The average Bonchev–Trinajstić information content (AvgIpc) is 3.29. The lowest BCUT2D eigenvalue weighted by Crippen LogP contribution is -2.35. The third-order valence-corrected chi connectivity index (χ3v) is 7.67. The van der Waals surface area contributed by atoms with Gasteiger partial charge in [-0.2, -0.15) is 0 Å². The van der Waals surface area contributed by atoms with Gasteiger partial charge in [-0.25, -0.2) is 9.78 Å². The van der Waals surface area contributed by atoms with E-state index in [0.717, 1.165) is 67.2 Å². The molecule has 1 amide bonds. The predicted molar refractivity (Wildman–Crippen MR) is 132 cm³/mol. The fraction of sp³-hybridized carbons (Fsp3) is 0.464. The van der Waals surface area contributed by atoms with Gasteiger partial charge in [-0.15, -0.1) is 0 Å². The minimum Gasteiger partial charge on any atom is -0.453 e. The molecule has 1 aliphatic heterocycles. The summed E-state index contributed by atoms with van der Waals surface area (Å²) in [5.41, 5.74) is 5.87. The van der Waals surface area contributed by atoms with E-state index in [2.05, 4.69) is 54.0 Å². The first-order valence-electron chi connectivity index (χ1n) is 12.4. The van der Waals surface area contributed by atoms with E-state index in [1.54, 1.807) is 4.90 Å². The highest BCUT2D eigenvalue weighted by Crippen LogP contribution is 2.39. The number of aldehydes is 1. The van der Waals surface area contributed by atoms with Gasteiger partial charge in [-0.1, -0.05) is 36.4 Å². The summed E-state index contributed by atoms with van der Waals surface area (Å²) in [5.74, 6) is 1.65. The standard InChI is InChI=1S/C28H33N3O3/c1-19(16-20-6-4-3-5-7-20)31-25-13-12-22-14-15-30(28(33)34-2)17-24(22)26(25)29-27(31)23-10-8-21(18-32)9-11-23/h3-7,12-13,18-19,21,23H,8-11,14-17H2,1-2H3/t19-,21?,23?/m1/s1. The second-order valence-corrected chi connectivity index (χ2v) is 9.84. The van der Waals surface area contributed by atoms with Crippen molar-refractivity contribution in [2.45, 2.75) is 64.0 Å². The number of amides is 1. The number of carbonyl (C=O) groups is 2. The molecule has 1 aromatic heterocycles. The third kappa shape index (κ3) is 4.22. The first kappa shape index (κ1) is 22.6. The van der Waals surface area contributed by atoms with Crippen molar-refractivity contribution in [3.8, 4) is 0 Å². The van der Waals surface area contributed by atoms with E-state index >= 15 is 0 Å². The summed E-state index contributed by atoms with van der Waals surface area (Å²) >= 11 is 0. The van der Waals surface area contributed by atoms with E-state index in [1.165, 1.54) is 18.2 Å². The first-order chi connectivity index (χ1) is 16.6. The van der Waals surface area contributed by atoms with Gasteiger partial charge < -0.3 is 19.0 Å². The Morgan fingerprint density at radius 1 is 1.15 bits per heavy atom. The first-order valence-corrected chi connectivity index (χ1v) is 12.4. The van der Waals surface area contributed by atoms with E-state index in [4.69, 9.17) is 9.72 Å². The highest BCUT2D eigenvalue weighted by Gasteiger charge is 2.30. The van der Waals surface area contributed by atoms with Crippen LogP contribution in [0, 0.1) is 5.92 Å². The Kier molecular flexibility index (Phi) is 6.40. The summed E-state index contributed by atoms with van der Waals surface area (Å²) in [5, 5.41) is 0. The number of rotatable bonds is 5. The SMILES string of the molecule is COC(=O)N1CCc2ccc3c(nc(C4CCC(C=O)CC4)n3[C@H](C)Cc3ccccc3)c2C1. The van der Waals surface area contributed by atoms with Crippen LogP contribution in [0.15, 0.2) is 42.5 Å². The number of hydrogen-bond donors (Lipinski definition) is 0. The van der Waals surface area contributed by atoms with E-state index in [0.29, 0.717) is 19.0 Å². The molecule has 0 unspecified atom stereocenters. The zero-order valence-corrected chi connectivity index (χ0v) is 20.1. The molecule has 5 rings (SSSR count). The maximum absolute atomic E-state index is 12.3. The van der Waals surface area contributed by atoms with Gasteiger partial charge in [0.15, 0.2) is 0 Å². The fourth-order valence-electron chi connectivity index (χ4n) is 5.81. The molecule has 2 aliphatic rings. The largest absolute Gasteiger partial charge is 0.453 e. The average molecular weight is 460 g/mol. The van der Waals surface area contributed by atoms with Gasteiger partial charge in [0.25, 0.3) is 0 Å². The number of fused-ring (bicyclic) bond motifs is 3. The molecule has 34 heavy (non-hydrogen) atoms. The molecule has 2 aromatic carbocycles. The van der Waals surface area contributed by atoms with Crippen molar-refractivity contribution in [3.63, 3.8) is 0 Å². The van der Waals surface area contributed by atoms with Crippen LogP contribution < -0.4 is 0 Å². The van der Waals surface area contributed by atoms with Crippen molar-refractivity contribution in [1.82, 2.24) is 14.5 Å². The van der Waals surface area contributed by atoms with Crippen LogP contribution >= 0.6 is 0 Å². The lowest BCUT2D eigenvalue weighted by Gasteiger charge is -2.28. The van der Waals surface area contributed by atoms with Crippen molar-refractivity contribution >= 4 is 23.4 Å². The molecule has 3 aromatic rings. The lowest BCUT2D eigenvalue weighted by atomic mass is 9.82. The van der Waals surface area contributed by atoms with Crippen LogP contribution in [0.1, 0.15) is 67.1 Å². The van der Waals surface area contributed by atoms with Crippen LogP contribution in [0.4, 0.5) is 4.79 Å². The van der Waals surface area contributed by atoms with Crippen LogP contribution in [-0.2, 0) is 28.9 Å². The van der Waals surface area contributed by atoms with Gasteiger partial charge in [0.05, 0.1) is 24.7 Å². The summed E-state index contributed by atoms with van der Waals surface area (Å²) in [4.78, 5) is 30.6. The maximum Gasteiger partial charge on any atom is 0.409 e. The number of nitrogens with zero attached hydrogens (tertiary/aromatic N) is 3. The number of aromatic nitrogens is 2. The molecule has 6 heteroatoms. The number of methoxy groups -OCH3 is 1. The number of carbonyl (C=O) groups excluding carboxylic acids is 2. The molecule has 1 fully saturated rings. The van der Waals surface area contributed by atoms with Crippen LogP contribution in [0.3, 0.4) is 0 Å². The molecular formula is C28H33N3O3. The van der Waals surface area contributed by atoms with E-state index in [9.17, 15) is 9.59 Å². The smallest absolute Gasteiger partial charge is 0.409 e. The summed E-state index contributed by atoms with van der Waals surface area (Å²) in [7, 11) is 1.44. The Balaban J connectivity index is 1.58. The summed E-state index contributed by atoms with van der Waals surface area (Å²) in [6.07, 6.45) is 6.41. The minimum absolute atomic E-state index is 0.178. The number of hydrogen-bond acceptors (Lipinski definition) is 4. The van der Waals surface area contributed by atoms with Crippen LogP contribution in [-0.4, -0.2) is 40.5 Å². The second kappa shape index (κ2) is 9.61. The predicted octanol–water partition coefficient (Wildman–Crippen LogP) is 5.44. The number of benzene rings is 2. The molecule has 0 bridgehead atoms. The van der Waals surface area contributed by atoms with Crippen molar-refractivity contribution in [3.05, 3.63) is 65.0 Å². The Morgan fingerprint density at radius 3 is 2.62 bits per heavy atom. The van der Waals surface area contributed by atoms with E-state index in [1.807, 2.05) is 0 Å². The third-order valence-electron chi connectivity index (χ3n) is 7.67. The van der Waals surface area contributed by atoms with E-state index < -0.39 is 0 Å². The summed E-state index contributed by atoms with van der Waals surface area (Å²) < 4.78 is 7.44. The van der Waals surface area contributed by atoms with E-state index in [-0.39, 0.29) is 18.1 Å². The lowest BCUT2D eigenvalue weighted by molar-refractivity contribution is -0.111. The molecule has 0 saturated heterocycles. The number of ether oxygens (including phenoxy) is 1. The zero-order valence-electron chi connectivity index (χ0n) is 20.1. The van der Waals surface area contributed by atoms with Gasteiger partial charge in [0.2, 0.25) is 0 Å². The molecule has 6 nitrogen and oxygen atoms in total. The highest BCUT2D eigenvalue weighted by molar-refractivity contribution is 5.82. The quantitative estimate of drug-likeness (QED) is 0.477. The molecule has 1 atom stereocenters. The topological polar surface area (TPSA) is 64.4 Å². The molecule has 2 heterocycles. The van der Waals surface area contributed by atoms with Crippen LogP contribution in [0.2, 0.25) is 0 Å². The molecule has 1 aliphatic carbocycles. The van der Waals surface area contributed by atoms with Gasteiger partial charge in [0, 0.05) is 30.0 Å². The second-order valence-electron chi connectivity index (χ2n) is 9.84. The molecular weight excluding hydrogens is 426 g/mol. The maximum atomic E-state index is 12.3. The summed E-state index contributed by atoms with van der Waals surface area (Å²) in [6.45, 7) is 3.47. The van der Waals surface area contributed by atoms with Crippen LogP contribution in [0.5, 0.6) is 0 Å². The Morgan fingerprint density at radius 2 is 1.91 bits per heavy atom. The van der Waals surface area contributed by atoms with Gasteiger partial charge in [0.1, 0.15) is 12.1 Å². The van der Waals surface area contributed by atoms with Crippen molar-refractivity contribution in [2.24, 2.45) is 5.92 Å². The van der Waals surface area contributed by atoms with Gasteiger partial charge in [-0.3, -0.25) is 0 Å². The Bertz CT molecular complexity index is 1180. The Hall–Kier alpha value is -3.15. The highest BCUT2D eigenvalue weighted by atomic mass is 16.5.